The summed E-state index contributed by atoms with van der Waals surface area (Å²) in [6.07, 6.45) is 3.05. The number of anilines is 2. The lowest BCUT2D eigenvalue weighted by atomic mass is 10.1. The highest BCUT2D eigenvalue weighted by atomic mass is 35.5. The first kappa shape index (κ1) is 17.8. The molecule has 1 aliphatic rings. The zero-order valence-electron chi connectivity index (χ0n) is 14.3. The summed E-state index contributed by atoms with van der Waals surface area (Å²) in [5, 5.41) is 11.2. The Hall–Kier alpha value is -2.57. The standard InChI is InChI=1S/C19H16Cl2N4O2/c20-15-3-1-12(9-16(15)21)24-5-7-25(8-6-24)17-4-2-13(19(26)27)18-14(17)10-22-11-23-18/h1-4,9-11H,5-8H2,(H,26,27). The van der Waals surface area contributed by atoms with Crippen molar-refractivity contribution in [1.29, 1.82) is 0 Å². The molecule has 0 spiro atoms. The number of nitrogens with zero attached hydrogens (tertiary/aromatic N) is 4. The predicted molar refractivity (Wildman–Crippen MR) is 107 cm³/mol. The first-order valence-corrected chi connectivity index (χ1v) is 9.21. The molecule has 1 N–H and O–H groups in total. The topological polar surface area (TPSA) is 69.6 Å². The largest absolute Gasteiger partial charge is 0.478 e. The van der Waals surface area contributed by atoms with E-state index >= 15 is 0 Å². The normalized spacial score (nSPS) is 14.6. The van der Waals surface area contributed by atoms with Crippen LogP contribution in [0.3, 0.4) is 0 Å². The molecule has 0 aliphatic carbocycles. The smallest absolute Gasteiger partial charge is 0.337 e. The van der Waals surface area contributed by atoms with Gasteiger partial charge in [0.25, 0.3) is 0 Å². The Balaban J connectivity index is 1.59. The minimum Gasteiger partial charge on any atom is -0.478 e. The van der Waals surface area contributed by atoms with E-state index < -0.39 is 5.97 Å². The molecule has 1 saturated heterocycles. The molecule has 6 nitrogen and oxygen atoms in total. The van der Waals surface area contributed by atoms with Crippen LogP contribution in [0.15, 0.2) is 42.9 Å². The van der Waals surface area contributed by atoms with Gasteiger partial charge >= 0.3 is 5.97 Å². The zero-order chi connectivity index (χ0) is 19.0. The number of fused-ring (bicyclic) bond motifs is 1. The lowest BCUT2D eigenvalue weighted by Gasteiger charge is -2.38. The molecule has 0 bridgehead atoms. The molecule has 138 valence electrons. The van der Waals surface area contributed by atoms with E-state index in [0.717, 1.165) is 42.9 Å². The van der Waals surface area contributed by atoms with Crippen LogP contribution in [0.25, 0.3) is 10.9 Å². The molecule has 0 unspecified atom stereocenters. The monoisotopic (exact) mass is 402 g/mol. The molecular weight excluding hydrogens is 387 g/mol. The molecule has 1 aliphatic heterocycles. The van der Waals surface area contributed by atoms with Crippen molar-refractivity contribution in [3.63, 3.8) is 0 Å². The zero-order valence-corrected chi connectivity index (χ0v) is 15.8. The Kier molecular flexibility index (Phi) is 4.76. The second kappa shape index (κ2) is 7.21. The minimum absolute atomic E-state index is 0.186. The number of carboxylic acids is 1. The number of benzene rings is 2. The van der Waals surface area contributed by atoms with Crippen LogP contribution in [0.4, 0.5) is 11.4 Å². The summed E-state index contributed by atoms with van der Waals surface area (Å²) in [5.41, 5.74) is 2.63. The van der Waals surface area contributed by atoms with Gasteiger partial charge < -0.3 is 14.9 Å². The average Bonchev–Trinajstić information content (AvgIpc) is 2.69. The summed E-state index contributed by atoms with van der Waals surface area (Å²) in [5.74, 6) is -0.991. The van der Waals surface area contributed by atoms with E-state index in [1.54, 1.807) is 18.3 Å². The van der Waals surface area contributed by atoms with Gasteiger partial charge in [0.1, 0.15) is 6.33 Å². The van der Waals surface area contributed by atoms with Crippen LogP contribution in [0, 0.1) is 0 Å². The van der Waals surface area contributed by atoms with Crippen LogP contribution in [0.5, 0.6) is 0 Å². The summed E-state index contributed by atoms with van der Waals surface area (Å²) >= 11 is 12.1. The second-order valence-corrected chi connectivity index (χ2v) is 7.11. The van der Waals surface area contributed by atoms with Crippen molar-refractivity contribution < 1.29 is 9.90 Å². The van der Waals surface area contributed by atoms with Crippen molar-refractivity contribution in [1.82, 2.24) is 9.97 Å². The van der Waals surface area contributed by atoms with Crippen LogP contribution in [-0.4, -0.2) is 47.2 Å². The van der Waals surface area contributed by atoms with Gasteiger partial charge in [-0.1, -0.05) is 23.2 Å². The number of carboxylic acid groups (broad SMARTS) is 1. The van der Waals surface area contributed by atoms with E-state index in [1.807, 2.05) is 18.2 Å². The molecule has 0 amide bonds. The first-order valence-electron chi connectivity index (χ1n) is 8.45. The molecule has 0 saturated carbocycles. The Bertz CT molecular complexity index is 1020. The second-order valence-electron chi connectivity index (χ2n) is 6.29. The lowest BCUT2D eigenvalue weighted by molar-refractivity contribution is 0.0699. The third-order valence-electron chi connectivity index (χ3n) is 4.77. The van der Waals surface area contributed by atoms with Gasteiger partial charge in [-0.25, -0.2) is 14.8 Å². The molecule has 3 aromatic rings. The number of carbonyl (C=O) groups is 1. The SMILES string of the molecule is O=C(O)c1ccc(N2CCN(c3ccc(Cl)c(Cl)c3)CC2)c2cncnc12. The van der Waals surface area contributed by atoms with Crippen molar-refractivity contribution in [3.05, 3.63) is 58.5 Å². The van der Waals surface area contributed by atoms with Gasteiger partial charge in [-0.05, 0) is 30.3 Å². The van der Waals surface area contributed by atoms with Crippen molar-refractivity contribution in [2.75, 3.05) is 36.0 Å². The van der Waals surface area contributed by atoms with Gasteiger partial charge in [0, 0.05) is 49.1 Å². The molecule has 0 atom stereocenters. The maximum Gasteiger partial charge on any atom is 0.337 e. The van der Waals surface area contributed by atoms with E-state index in [0.29, 0.717) is 15.6 Å². The number of aromatic carboxylic acids is 1. The predicted octanol–water partition coefficient (Wildman–Crippen LogP) is 3.96. The summed E-state index contributed by atoms with van der Waals surface area (Å²) in [6.45, 7) is 3.20. The molecule has 1 fully saturated rings. The van der Waals surface area contributed by atoms with Crippen molar-refractivity contribution in [2.45, 2.75) is 0 Å². The van der Waals surface area contributed by atoms with Crippen molar-refractivity contribution in [2.24, 2.45) is 0 Å². The molecule has 27 heavy (non-hydrogen) atoms. The summed E-state index contributed by atoms with van der Waals surface area (Å²) in [6, 6.07) is 9.10. The van der Waals surface area contributed by atoms with Crippen molar-refractivity contribution >= 4 is 51.4 Å². The number of halogens is 2. The van der Waals surface area contributed by atoms with Gasteiger partial charge in [0.2, 0.25) is 0 Å². The number of aromatic nitrogens is 2. The van der Waals surface area contributed by atoms with Gasteiger partial charge in [-0.2, -0.15) is 0 Å². The molecule has 2 aromatic carbocycles. The molecule has 0 radical (unpaired) electrons. The van der Waals surface area contributed by atoms with Gasteiger partial charge in [0.05, 0.1) is 21.1 Å². The Labute approximate surface area is 166 Å². The lowest BCUT2D eigenvalue weighted by Crippen LogP contribution is -2.46. The van der Waals surface area contributed by atoms with E-state index in [2.05, 4.69) is 19.8 Å². The number of hydrogen-bond acceptors (Lipinski definition) is 5. The minimum atomic E-state index is -0.991. The molecule has 2 heterocycles. The average molecular weight is 403 g/mol. The Morgan fingerprint density at radius 3 is 2.44 bits per heavy atom. The van der Waals surface area contributed by atoms with E-state index in [9.17, 15) is 9.90 Å². The number of piperazine rings is 1. The third kappa shape index (κ3) is 3.38. The number of hydrogen-bond donors (Lipinski definition) is 1. The Morgan fingerprint density at radius 2 is 1.74 bits per heavy atom. The van der Waals surface area contributed by atoms with Crippen LogP contribution in [0.2, 0.25) is 10.0 Å². The van der Waals surface area contributed by atoms with E-state index in [-0.39, 0.29) is 5.56 Å². The maximum absolute atomic E-state index is 11.5. The van der Waals surface area contributed by atoms with Crippen LogP contribution >= 0.6 is 23.2 Å². The Morgan fingerprint density at radius 1 is 1.00 bits per heavy atom. The van der Waals surface area contributed by atoms with Gasteiger partial charge in [0.15, 0.2) is 0 Å². The fourth-order valence-corrected chi connectivity index (χ4v) is 3.69. The molecule has 4 rings (SSSR count). The summed E-state index contributed by atoms with van der Waals surface area (Å²) < 4.78 is 0. The quantitative estimate of drug-likeness (QED) is 0.714. The first-order chi connectivity index (χ1) is 13.0. The van der Waals surface area contributed by atoms with Gasteiger partial charge in [-0.3, -0.25) is 0 Å². The molecule has 1 aromatic heterocycles. The molecule has 8 heteroatoms. The van der Waals surface area contributed by atoms with Crippen LogP contribution < -0.4 is 9.80 Å². The summed E-state index contributed by atoms with van der Waals surface area (Å²) in [4.78, 5) is 24.2. The van der Waals surface area contributed by atoms with E-state index in [1.165, 1.54) is 6.33 Å². The maximum atomic E-state index is 11.5. The summed E-state index contributed by atoms with van der Waals surface area (Å²) in [7, 11) is 0. The highest BCUT2D eigenvalue weighted by Crippen LogP contribution is 2.31. The highest BCUT2D eigenvalue weighted by Gasteiger charge is 2.21. The third-order valence-corrected chi connectivity index (χ3v) is 5.51. The van der Waals surface area contributed by atoms with Crippen molar-refractivity contribution in [3.8, 4) is 0 Å². The fourth-order valence-electron chi connectivity index (χ4n) is 3.40. The van der Waals surface area contributed by atoms with E-state index in [4.69, 9.17) is 23.2 Å². The van der Waals surface area contributed by atoms with Gasteiger partial charge in [-0.15, -0.1) is 0 Å². The highest BCUT2D eigenvalue weighted by molar-refractivity contribution is 6.42. The molecular formula is C19H16Cl2N4O2. The fraction of sp³-hybridized carbons (Fsp3) is 0.211. The van der Waals surface area contributed by atoms with Crippen LogP contribution in [0.1, 0.15) is 10.4 Å². The number of rotatable bonds is 3. The van der Waals surface area contributed by atoms with Crippen LogP contribution in [-0.2, 0) is 0 Å².